The Morgan fingerprint density at radius 2 is 2.55 bits per heavy atom. The Labute approximate surface area is 62.4 Å². The Kier molecular flexibility index (Phi) is 1.12. The molecule has 0 aromatic carbocycles. The zero-order valence-electron chi connectivity index (χ0n) is 5.78. The van der Waals surface area contributed by atoms with Gasteiger partial charge in [0.15, 0.2) is 5.69 Å². The number of anilines is 1. The Morgan fingerprint density at radius 3 is 3.36 bits per heavy atom. The fourth-order valence-corrected chi connectivity index (χ4v) is 1.05. The number of aromatic nitrogens is 2. The number of nitrogens with zero attached hydrogens (tertiary/aromatic N) is 2. The maximum Gasteiger partial charge on any atom is 0.299 e. The van der Waals surface area contributed by atoms with Crippen LogP contribution >= 0.6 is 0 Å². The van der Waals surface area contributed by atoms with E-state index in [4.69, 9.17) is 10.5 Å². The molecule has 58 valence electrons. The monoisotopic (exact) mass is 153 g/mol. The third-order valence-electron chi connectivity index (χ3n) is 1.61. The number of nitrogen functional groups attached to an aromatic ring is 1. The third-order valence-corrected chi connectivity index (χ3v) is 1.61. The lowest BCUT2D eigenvalue weighted by atomic mass is 10.5. The van der Waals surface area contributed by atoms with Crippen molar-refractivity contribution in [2.24, 2.45) is 0 Å². The number of rotatable bonds is 0. The van der Waals surface area contributed by atoms with E-state index >= 15 is 0 Å². The van der Waals surface area contributed by atoms with Gasteiger partial charge in [0, 0.05) is 0 Å². The molecule has 0 fully saturated rings. The first kappa shape index (κ1) is 6.21. The highest BCUT2D eigenvalue weighted by Gasteiger charge is 2.15. The smallest absolute Gasteiger partial charge is 0.299 e. The first-order chi connectivity index (χ1) is 5.29. The van der Waals surface area contributed by atoms with Crippen LogP contribution in [0, 0.1) is 0 Å². The van der Waals surface area contributed by atoms with E-state index in [1.807, 2.05) is 0 Å². The van der Waals surface area contributed by atoms with Crippen molar-refractivity contribution in [3.63, 3.8) is 0 Å². The van der Waals surface area contributed by atoms with E-state index in [-0.39, 0.29) is 5.69 Å². The third kappa shape index (κ3) is 0.772. The molecule has 1 aromatic rings. The predicted octanol–water partition coefficient (Wildman–Crippen LogP) is -0.782. The van der Waals surface area contributed by atoms with E-state index in [0.29, 0.717) is 19.0 Å². The second-order valence-corrected chi connectivity index (χ2v) is 2.31. The average Bonchev–Trinajstić information content (AvgIpc) is 2.45. The van der Waals surface area contributed by atoms with Crippen LogP contribution in [0.4, 0.5) is 5.69 Å². The predicted molar refractivity (Wildman–Crippen MR) is 38.4 cm³/mol. The summed E-state index contributed by atoms with van der Waals surface area (Å²) in [4.78, 5) is 14.4. The Morgan fingerprint density at radius 1 is 1.73 bits per heavy atom. The summed E-state index contributed by atoms with van der Waals surface area (Å²) in [6.45, 7) is 1.28. The van der Waals surface area contributed by atoms with Gasteiger partial charge < -0.3 is 10.5 Å². The average molecular weight is 153 g/mol. The van der Waals surface area contributed by atoms with Crippen molar-refractivity contribution in [1.29, 1.82) is 0 Å². The molecular weight excluding hydrogens is 146 g/mol. The van der Waals surface area contributed by atoms with Crippen molar-refractivity contribution >= 4 is 5.69 Å². The highest BCUT2D eigenvalue weighted by atomic mass is 16.5. The van der Waals surface area contributed by atoms with E-state index in [2.05, 4.69) is 4.98 Å². The molecule has 1 aliphatic rings. The summed E-state index contributed by atoms with van der Waals surface area (Å²) in [5.41, 5.74) is 5.10. The number of hydrogen-bond donors (Lipinski definition) is 1. The normalized spacial score (nSPS) is 14.2. The lowest BCUT2D eigenvalue weighted by Crippen LogP contribution is -2.14. The van der Waals surface area contributed by atoms with Crippen LogP contribution in [0.5, 0.6) is 5.88 Å². The van der Waals surface area contributed by atoms with Crippen LogP contribution < -0.4 is 16.0 Å². The molecule has 1 aliphatic heterocycles. The van der Waals surface area contributed by atoms with E-state index in [0.717, 1.165) is 0 Å². The van der Waals surface area contributed by atoms with Gasteiger partial charge in [-0.05, 0) is 0 Å². The summed E-state index contributed by atoms with van der Waals surface area (Å²) in [5, 5.41) is 0. The molecule has 0 radical (unpaired) electrons. The number of ether oxygens (including phenoxy) is 1. The van der Waals surface area contributed by atoms with Gasteiger partial charge in [-0.2, -0.15) is 4.98 Å². The number of hydrogen-bond acceptors (Lipinski definition) is 4. The minimum atomic E-state index is -0.418. The van der Waals surface area contributed by atoms with Crippen LogP contribution in [0.3, 0.4) is 0 Å². The summed E-state index contributed by atoms with van der Waals surface area (Å²) < 4.78 is 6.83. The minimum absolute atomic E-state index is 0.102. The molecule has 0 saturated heterocycles. The summed E-state index contributed by atoms with van der Waals surface area (Å²) in [7, 11) is 0. The van der Waals surface area contributed by atoms with Crippen molar-refractivity contribution in [1.82, 2.24) is 9.55 Å². The molecule has 1 aromatic heterocycles. The van der Waals surface area contributed by atoms with E-state index in [9.17, 15) is 4.79 Å². The largest absolute Gasteiger partial charge is 0.475 e. The molecule has 5 nitrogen and oxygen atoms in total. The van der Waals surface area contributed by atoms with Crippen LogP contribution in [0.2, 0.25) is 0 Å². The highest BCUT2D eigenvalue weighted by Crippen LogP contribution is 2.19. The summed E-state index contributed by atoms with van der Waals surface area (Å²) in [5.74, 6) is 0.449. The van der Waals surface area contributed by atoms with Crippen molar-refractivity contribution in [3.05, 3.63) is 16.7 Å². The molecule has 0 aliphatic carbocycles. The summed E-state index contributed by atoms with van der Waals surface area (Å²) >= 11 is 0. The van der Waals surface area contributed by atoms with Gasteiger partial charge in [0.05, 0.1) is 6.54 Å². The minimum Gasteiger partial charge on any atom is -0.475 e. The SMILES string of the molecule is Nc1c2n(cnc1=O)CCO2. The van der Waals surface area contributed by atoms with E-state index < -0.39 is 5.56 Å². The van der Waals surface area contributed by atoms with Gasteiger partial charge in [-0.25, -0.2) is 0 Å². The second-order valence-electron chi connectivity index (χ2n) is 2.31. The van der Waals surface area contributed by atoms with Crippen LogP contribution in [0.15, 0.2) is 11.1 Å². The number of nitrogens with two attached hydrogens (primary N) is 1. The van der Waals surface area contributed by atoms with Crippen LogP contribution in [0.1, 0.15) is 0 Å². The maximum absolute atomic E-state index is 10.8. The standard InChI is InChI=1S/C6H7N3O2/c7-4-5(10)8-3-9-1-2-11-6(4)9/h3H,1-2,7H2. The first-order valence-corrected chi connectivity index (χ1v) is 3.27. The van der Waals surface area contributed by atoms with E-state index in [1.165, 1.54) is 6.33 Å². The quantitative estimate of drug-likeness (QED) is 0.530. The fourth-order valence-electron chi connectivity index (χ4n) is 1.05. The van der Waals surface area contributed by atoms with Crippen LogP contribution in [-0.4, -0.2) is 16.2 Å². The Balaban J connectivity index is 2.72. The molecule has 2 heterocycles. The molecular formula is C6H7N3O2. The zero-order valence-corrected chi connectivity index (χ0v) is 5.78. The molecule has 0 unspecified atom stereocenters. The molecule has 11 heavy (non-hydrogen) atoms. The Bertz CT molecular complexity index is 344. The van der Waals surface area contributed by atoms with Gasteiger partial charge in [-0.3, -0.25) is 9.36 Å². The molecule has 0 amide bonds. The van der Waals surface area contributed by atoms with Crippen molar-refractivity contribution < 1.29 is 4.74 Å². The van der Waals surface area contributed by atoms with Gasteiger partial charge in [0.2, 0.25) is 5.88 Å². The van der Waals surface area contributed by atoms with Gasteiger partial charge in [-0.15, -0.1) is 0 Å². The van der Waals surface area contributed by atoms with Gasteiger partial charge >= 0.3 is 0 Å². The maximum atomic E-state index is 10.8. The van der Waals surface area contributed by atoms with Gasteiger partial charge in [-0.1, -0.05) is 0 Å². The molecule has 0 atom stereocenters. The second kappa shape index (κ2) is 1.98. The van der Waals surface area contributed by atoms with Crippen molar-refractivity contribution in [2.75, 3.05) is 12.3 Å². The lowest BCUT2D eigenvalue weighted by molar-refractivity contribution is 0.358. The van der Waals surface area contributed by atoms with Crippen LogP contribution in [-0.2, 0) is 6.54 Å². The topological polar surface area (TPSA) is 70.1 Å². The van der Waals surface area contributed by atoms with E-state index in [1.54, 1.807) is 4.57 Å². The molecule has 2 N–H and O–H groups in total. The molecule has 0 saturated carbocycles. The highest BCUT2D eigenvalue weighted by molar-refractivity contribution is 5.46. The number of fused-ring (bicyclic) bond motifs is 1. The van der Waals surface area contributed by atoms with Gasteiger partial charge in [0.1, 0.15) is 12.9 Å². The molecule has 2 rings (SSSR count). The summed E-state index contributed by atoms with van der Waals surface area (Å²) in [6.07, 6.45) is 1.45. The zero-order chi connectivity index (χ0) is 7.84. The van der Waals surface area contributed by atoms with Crippen molar-refractivity contribution in [2.45, 2.75) is 6.54 Å². The van der Waals surface area contributed by atoms with Crippen LogP contribution in [0.25, 0.3) is 0 Å². The fraction of sp³-hybridized carbons (Fsp3) is 0.333. The van der Waals surface area contributed by atoms with Gasteiger partial charge in [0.25, 0.3) is 5.56 Å². The first-order valence-electron chi connectivity index (χ1n) is 3.27. The summed E-state index contributed by atoms with van der Waals surface area (Å²) in [6, 6.07) is 0. The molecule has 5 heteroatoms. The molecule has 0 bridgehead atoms. The lowest BCUT2D eigenvalue weighted by Gasteiger charge is -2.00. The Hall–Kier alpha value is -1.52. The molecule has 0 spiro atoms. The van der Waals surface area contributed by atoms with Crippen molar-refractivity contribution in [3.8, 4) is 5.88 Å².